The Kier molecular flexibility index (Phi) is 5.99. The van der Waals surface area contributed by atoms with Gasteiger partial charge in [-0.3, -0.25) is 4.79 Å². The van der Waals surface area contributed by atoms with Crippen molar-refractivity contribution >= 4 is 5.97 Å². The number of nitrogens with two attached hydrogens (primary N) is 1. The Morgan fingerprint density at radius 2 is 1.89 bits per heavy atom. The molecule has 0 fully saturated rings. The van der Waals surface area contributed by atoms with Crippen LogP contribution in [0.2, 0.25) is 0 Å². The first-order valence-corrected chi connectivity index (χ1v) is 6.46. The van der Waals surface area contributed by atoms with E-state index in [-0.39, 0.29) is 18.4 Å². The first-order chi connectivity index (χ1) is 8.87. The van der Waals surface area contributed by atoms with Crippen LogP contribution in [0.3, 0.4) is 0 Å². The minimum atomic E-state index is -0.471. The van der Waals surface area contributed by atoms with Crippen molar-refractivity contribution in [2.45, 2.75) is 45.4 Å². The SMILES string of the molecule is CC(C)(C)OC(=O)C[C@H](N)COCc1ccccc1. The molecule has 0 aliphatic heterocycles. The molecule has 2 N–H and O–H groups in total. The molecule has 19 heavy (non-hydrogen) atoms. The standard InChI is InChI=1S/C15H23NO3/c1-15(2,3)19-14(17)9-13(16)11-18-10-12-7-5-4-6-8-12/h4-8,13H,9-11,16H2,1-3H3/t13-/m0/s1. The molecule has 0 heterocycles. The molecule has 4 nitrogen and oxygen atoms in total. The number of ether oxygens (including phenoxy) is 2. The average molecular weight is 265 g/mol. The van der Waals surface area contributed by atoms with Gasteiger partial charge in [-0.1, -0.05) is 30.3 Å². The van der Waals surface area contributed by atoms with Crippen LogP contribution in [0.1, 0.15) is 32.8 Å². The van der Waals surface area contributed by atoms with Crippen LogP contribution in [-0.2, 0) is 20.9 Å². The van der Waals surface area contributed by atoms with Crippen molar-refractivity contribution in [3.05, 3.63) is 35.9 Å². The number of benzene rings is 1. The summed E-state index contributed by atoms with van der Waals surface area (Å²) in [5, 5.41) is 0. The van der Waals surface area contributed by atoms with Gasteiger partial charge in [0.1, 0.15) is 5.60 Å². The number of carbonyl (C=O) groups excluding carboxylic acids is 1. The van der Waals surface area contributed by atoms with Gasteiger partial charge in [0.15, 0.2) is 0 Å². The van der Waals surface area contributed by atoms with Crippen LogP contribution in [0.4, 0.5) is 0 Å². The molecule has 4 heteroatoms. The monoisotopic (exact) mass is 265 g/mol. The fraction of sp³-hybridized carbons (Fsp3) is 0.533. The lowest BCUT2D eigenvalue weighted by Gasteiger charge is -2.20. The molecular weight excluding hydrogens is 242 g/mol. The maximum atomic E-state index is 11.5. The van der Waals surface area contributed by atoms with Crippen LogP contribution in [0, 0.1) is 0 Å². The van der Waals surface area contributed by atoms with Crippen molar-refractivity contribution in [3.63, 3.8) is 0 Å². The third-order valence-electron chi connectivity index (χ3n) is 2.29. The van der Waals surface area contributed by atoms with Crippen molar-refractivity contribution in [2.24, 2.45) is 5.73 Å². The Labute approximate surface area is 114 Å². The van der Waals surface area contributed by atoms with Gasteiger partial charge in [-0.15, -0.1) is 0 Å². The number of rotatable bonds is 6. The lowest BCUT2D eigenvalue weighted by Crippen LogP contribution is -2.33. The summed E-state index contributed by atoms with van der Waals surface area (Å²) in [7, 11) is 0. The zero-order chi connectivity index (χ0) is 14.3. The van der Waals surface area contributed by atoms with E-state index in [1.54, 1.807) is 0 Å². The Bertz CT molecular complexity index is 384. The van der Waals surface area contributed by atoms with E-state index in [1.807, 2.05) is 51.1 Å². The molecule has 106 valence electrons. The smallest absolute Gasteiger partial charge is 0.307 e. The molecule has 0 saturated carbocycles. The molecule has 0 radical (unpaired) electrons. The van der Waals surface area contributed by atoms with Gasteiger partial charge in [0.2, 0.25) is 0 Å². The molecule has 0 aromatic heterocycles. The first-order valence-electron chi connectivity index (χ1n) is 6.46. The number of carbonyl (C=O) groups is 1. The molecular formula is C15H23NO3. The van der Waals surface area contributed by atoms with Gasteiger partial charge in [0.05, 0.1) is 19.6 Å². The maximum absolute atomic E-state index is 11.5. The van der Waals surface area contributed by atoms with Gasteiger partial charge in [-0.25, -0.2) is 0 Å². The third-order valence-corrected chi connectivity index (χ3v) is 2.29. The van der Waals surface area contributed by atoms with Crippen molar-refractivity contribution in [3.8, 4) is 0 Å². The van der Waals surface area contributed by atoms with Crippen LogP contribution >= 0.6 is 0 Å². The fourth-order valence-corrected chi connectivity index (χ4v) is 1.56. The third kappa shape index (κ3) is 7.59. The second kappa shape index (κ2) is 7.26. The van der Waals surface area contributed by atoms with Gasteiger partial charge in [0, 0.05) is 6.04 Å². The summed E-state index contributed by atoms with van der Waals surface area (Å²) in [6, 6.07) is 9.51. The molecule has 1 atom stereocenters. The van der Waals surface area contributed by atoms with Gasteiger partial charge < -0.3 is 15.2 Å². The number of hydrogen-bond donors (Lipinski definition) is 1. The molecule has 0 spiro atoms. The fourth-order valence-electron chi connectivity index (χ4n) is 1.56. The molecule has 0 unspecified atom stereocenters. The normalized spacial score (nSPS) is 13.1. The van der Waals surface area contributed by atoms with Gasteiger partial charge in [-0.2, -0.15) is 0 Å². The molecule has 1 rings (SSSR count). The van der Waals surface area contributed by atoms with Crippen LogP contribution < -0.4 is 5.73 Å². The predicted molar refractivity (Wildman–Crippen MR) is 74.5 cm³/mol. The number of esters is 1. The summed E-state index contributed by atoms with van der Waals surface area (Å²) in [6.45, 7) is 6.35. The second-order valence-corrected chi connectivity index (χ2v) is 5.55. The van der Waals surface area contributed by atoms with Gasteiger partial charge >= 0.3 is 5.97 Å². The summed E-state index contributed by atoms with van der Waals surface area (Å²) in [4.78, 5) is 11.5. The zero-order valence-electron chi connectivity index (χ0n) is 11.9. The average Bonchev–Trinajstić information content (AvgIpc) is 2.27. The topological polar surface area (TPSA) is 61.5 Å². The van der Waals surface area contributed by atoms with E-state index in [1.165, 1.54) is 0 Å². The van der Waals surface area contributed by atoms with Gasteiger partial charge in [0.25, 0.3) is 0 Å². The zero-order valence-corrected chi connectivity index (χ0v) is 11.9. The summed E-state index contributed by atoms with van der Waals surface area (Å²) in [5.41, 5.74) is 6.45. The summed E-state index contributed by atoms with van der Waals surface area (Å²) >= 11 is 0. The second-order valence-electron chi connectivity index (χ2n) is 5.55. The van der Waals surface area contributed by atoms with Crippen molar-refractivity contribution in [1.29, 1.82) is 0 Å². The minimum absolute atomic E-state index is 0.173. The van der Waals surface area contributed by atoms with Crippen molar-refractivity contribution in [1.82, 2.24) is 0 Å². The Morgan fingerprint density at radius 3 is 2.47 bits per heavy atom. The Hall–Kier alpha value is -1.39. The highest BCUT2D eigenvalue weighted by Gasteiger charge is 2.18. The lowest BCUT2D eigenvalue weighted by molar-refractivity contribution is -0.155. The predicted octanol–water partition coefficient (Wildman–Crippen LogP) is 2.26. The molecule has 0 saturated heterocycles. The van der Waals surface area contributed by atoms with E-state index >= 15 is 0 Å². The van der Waals surface area contributed by atoms with Gasteiger partial charge in [-0.05, 0) is 26.3 Å². The van der Waals surface area contributed by atoms with Crippen LogP contribution in [0.5, 0.6) is 0 Å². The molecule has 0 aliphatic rings. The minimum Gasteiger partial charge on any atom is -0.460 e. The van der Waals surface area contributed by atoms with Crippen molar-refractivity contribution < 1.29 is 14.3 Å². The first kappa shape index (κ1) is 15.7. The quantitative estimate of drug-likeness (QED) is 0.801. The summed E-state index contributed by atoms with van der Waals surface area (Å²) in [6.07, 6.45) is 0.173. The molecule has 1 aromatic rings. The Morgan fingerprint density at radius 1 is 1.26 bits per heavy atom. The van der Waals surface area contributed by atoms with E-state index in [2.05, 4.69) is 0 Å². The molecule has 0 bridgehead atoms. The highest BCUT2D eigenvalue weighted by molar-refractivity contribution is 5.70. The van der Waals surface area contributed by atoms with E-state index in [9.17, 15) is 4.79 Å². The highest BCUT2D eigenvalue weighted by Crippen LogP contribution is 2.09. The maximum Gasteiger partial charge on any atom is 0.307 e. The highest BCUT2D eigenvalue weighted by atomic mass is 16.6. The van der Waals surface area contributed by atoms with Crippen LogP contribution in [-0.4, -0.2) is 24.2 Å². The van der Waals surface area contributed by atoms with Crippen molar-refractivity contribution in [2.75, 3.05) is 6.61 Å². The molecule has 1 aromatic carbocycles. The van der Waals surface area contributed by atoms with E-state index in [0.717, 1.165) is 5.56 Å². The molecule has 0 amide bonds. The van der Waals surface area contributed by atoms with Crippen LogP contribution in [0.15, 0.2) is 30.3 Å². The van der Waals surface area contributed by atoms with E-state index < -0.39 is 5.60 Å². The molecule has 0 aliphatic carbocycles. The largest absolute Gasteiger partial charge is 0.460 e. The summed E-state index contributed by atoms with van der Waals surface area (Å²) in [5.74, 6) is -0.289. The Balaban J connectivity index is 2.21. The lowest BCUT2D eigenvalue weighted by atomic mass is 10.2. The summed E-state index contributed by atoms with van der Waals surface area (Å²) < 4.78 is 10.7. The van der Waals surface area contributed by atoms with Crippen LogP contribution in [0.25, 0.3) is 0 Å². The van der Waals surface area contributed by atoms with E-state index in [0.29, 0.717) is 13.2 Å². The number of hydrogen-bond acceptors (Lipinski definition) is 4. The van der Waals surface area contributed by atoms with E-state index in [4.69, 9.17) is 15.2 Å².